The Morgan fingerprint density at radius 3 is 2.75 bits per heavy atom. The van der Waals surface area contributed by atoms with Crippen molar-refractivity contribution in [2.75, 3.05) is 6.61 Å². The predicted octanol–water partition coefficient (Wildman–Crippen LogP) is 4.05. The Morgan fingerprint density at radius 2 is 2.00 bits per heavy atom. The van der Waals surface area contributed by atoms with Crippen LogP contribution in [0.15, 0.2) is 48.2 Å². The quantitative estimate of drug-likeness (QED) is 0.561. The summed E-state index contributed by atoms with van der Waals surface area (Å²) in [6, 6.07) is 15.2. The molecular weight excluding hydrogens is 302 g/mol. The number of hydrogen-bond donors (Lipinski definition) is 2. The number of allylic oxidation sites excluding steroid dienone is 1. The fourth-order valence-corrected chi connectivity index (χ4v) is 2.42. The van der Waals surface area contributed by atoms with Crippen molar-refractivity contribution in [2.24, 2.45) is 0 Å². The number of aromatic amines is 1. The van der Waals surface area contributed by atoms with Crippen LogP contribution in [0, 0.1) is 25.2 Å². The highest BCUT2D eigenvalue weighted by molar-refractivity contribution is 5.82. The summed E-state index contributed by atoms with van der Waals surface area (Å²) in [6.45, 7) is 3.85. The Hall–Kier alpha value is -3.26. The lowest BCUT2D eigenvalue weighted by Gasteiger charge is -2.10. The van der Waals surface area contributed by atoms with Crippen LogP contribution >= 0.6 is 0 Å². The summed E-state index contributed by atoms with van der Waals surface area (Å²) < 4.78 is 5.66. The second-order valence-electron chi connectivity index (χ2n) is 5.52. The molecule has 0 unspecified atom stereocenters. The van der Waals surface area contributed by atoms with E-state index < -0.39 is 0 Å². The van der Waals surface area contributed by atoms with Crippen LogP contribution in [-0.4, -0.2) is 21.7 Å². The van der Waals surface area contributed by atoms with Crippen LogP contribution in [0.25, 0.3) is 16.6 Å². The van der Waals surface area contributed by atoms with Gasteiger partial charge < -0.3 is 14.8 Å². The third kappa shape index (κ3) is 2.95. The molecule has 0 aliphatic carbocycles. The molecule has 2 N–H and O–H groups in total. The molecule has 2 aromatic carbocycles. The molecule has 3 rings (SSSR count). The maximum Gasteiger partial charge on any atom is 0.152 e. The number of aryl methyl sites for hydroxylation is 1. The number of nitrogens with one attached hydrogen (secondary N) is 1. The number of para-hydroxylation sites is 2. The number of benzene rings is 2. The molecule has 1 aromatic heterocycles. The molecule has 0 aliphatic heterocycles. The standard InChI is InChI=1S/C19H17N3O2/c1-12-6-5-9-18(13(12)2)24-11-17(23)14(10-20)19-21-15-7-3-4-8-16(15)22-19/h3-9,23H,11H2,1-2H3,(H,21,22)/b17-14-. The number of aliphatic hydroxyl groups excluding tert-OH is 1. The van der Waals surface area contributed by atoms with Gasteiger partial charge in [-0.1, -0.05) is 24.3 Å². The fraction of sp³-hybridized carbons (Fsp3) is 0.158. The molecule has 0 saturated heterocycles. The van der Waals surface area contributed by atoms with Gasteiger partial charge in [0.25, 0.3) is 0 Å². The molecule has 120 valence electrons. The van der Waals surface area contributed by atoms with E-state index in [0.717, 1.165) is 22.2 Å². The average molecular weight is 319 g/mol. The first-order chi connectivity index (χ1) is 11.6. The van der Waals surface area contributed by atoms with Gasteiger partial charge in [0.15, 0.2) is 11.6 Å². The Kier molecular flexibility index (Phi) is 4.21. The Balaban J connectivity index is 1.88. The van der Waals surface area contributed by atoms with Gasteiger partial charge in [0.2, 0.25) is 0 Å². The number of nitriles is 1. The molecule has 0 bridgehead atoms. The first-order valence-corrected chi connectivity index (χ1v) is 7.56. The second kappa shape index (κ2) is 6.47. The third-order valence-corrected chi connectivity index (χ3v) is 3.95. The van der Waals surface area contributed by atoms with Crippen molar-refractivity contribution < 1.29 is 9.84 Å². The second-order valence-corrected chi connectivity index (χ2v) is 5.52. The summed E-state index contributed by atoms with van der Waals surface area (Å²) in [7, 11) is 0. The van der Waals surface area contributed by atoms with Crippen LogP contribution in [0.3, 0.4) is 0 Å². The van der Waals surface area contributed by atoms with Gasteiger partial charge in [0, 0.05) is 0 Å². The predicted molar refractivity (Wildman–Crippen MR) is 92.7 cm³/mol. The largest absolute Gasteiger partial charge is 0.507 e. The molecule has 5 nitrogen and oxygen atoms in total. The lowest BCUT2D eigenvalue weighted by atomic mass is 10.1. The zero-order chi connectivity index (χ0) is 17.1. The van der Waals surface area contributed by atoms with Crippen LogP contribution in [-0.2, 0) is 0 Å². The average Bonchev–Trinajstić information content (AvgIpc) is 3.00. The van der Waals surface area contributed by atoms with E-state index in [1.165, 1.54) is 0 Å². The number of ether oxygens (including phenoxy) is 1. The van der Waals surface area contributed by atoms with Gasteiger partial charge in [0.1, 0.15) is 24.0 Å². The highest BCUT2D eigenvalue weighted by Crippen LogP contribution is 2.23. The third-order valence-electron chi connectivity index (χ3n) is 3.95. The summed E-state index contributed by atoms with van der Waals surface area (Å²) >= 11 is 0. The van der Waals surface area contributed by atoms with E-state index in [0.29, 0.717) is 11.6 Å². The van der Waals surface area contributed by atoms with Crippen LogP contribution in [0.5, 0.6) is 5.75 Å². The van der Waals surface area contributed by atoms with E-state index >= 15 is 0 Å². The summed E-state index contributed by atoms with van der Waals surface area (Å²) in [5.41, 5.74) is 3.74. The maximum atomic E-state index is 10.3. The summed E-state index contributed by atoms with van der Waals surface area (Å²) in [5, 5.41) is 19.7. The Morgan fingerprint density at radius 1 is 1.21 bits per heavy atom. The van der Waals surface area contributed by atoms with E-state index in [1.807, 2.05) is 62.4 Å². The normalized spacial score (nSPS) is 11.9. The number of imidazole rings is 1. The lowest BCUT2D eigenvalue weighted by molar-refractivity contribution is 0.271. The number of aromatic nitrogens is 2. The fourth-order valence-electron chi connectivity index (χ4n) is 2.42. The van der Waals surface area contributed by atoms with E-state index in [4.69, 9.17) is 4.74 Å². The zero-order valence-corrected chi connectivity index (χ0v) is 13.5. The SMILES string of the molecule is Cc1cccc(OC/C(O)=C(\C#N)c2nc3ccccc3[nH]2)c1C. The minimum absolute atomic E-state index is 0.0801. The van der Waals surface area contributed by atoms with Crippen LogP contribution in [0.2, 0.25) is 0 Å². The lowest BCUT2D eigenvalue weighted by Crippen LogP contribution is -2.05. The summed E-state index contributed by atoms with van der Waals surface area (Å²) in [5.74, 6) is 0.863. The monoisotopic (exact) mass is 319 g/mol. The maximum absolute atomic E-state index is 10.3. The number of rotatable bonds is 4. The van der Waals surface area contributed by atoms with Crippen LogP contribution < -0.4 is 4.74 Å². The van der Waals surface area contributed by atoms with Gasteiger partial charge in [-0.3, -0.25) is 0 Å². The van der Waals surface area contributed by atoms with Crippen molar-refractivity contribution in [3.05, 3.63) is 65.2 Å². The number of fused-ring (bicyclic) bond motifs is 1. The number of hydrogen-bond acceptors (Lipinski definition) is 4. The minimum Gasteiger partial charge on any atom is -0.507 e. The zero-order valence-electron chi connectivity index (χ0n) is 13.5. The van der Waals surface area contributed by atoms with E-state index in [1.54, 1.807) is 0 Å². The smallest absolute Gasteiger partial charge is 0.152 e. The number of aliphatic hydroxyl groups is 1. The van der Waals surface area contributed by atoms with Gasteiger partial charge in [-0.05, 0) is 43.2 Å². The van der Waals surface area contributed by atoms with Crippen molar-refractivity contribution in [3.8, 4) is 11.8 Å². The molecule has 0 amide bonds. The molecule has 5 heteroatoms. The molecule has 0 radical (unpaired) electrons. The van der Waals surface area contributed by atoms with Gasteiger partial charge in [-0.2, -0.15) is 5.26 Å². The van der Waals surface area contributed by atoms with Gasteiger partial charge in [-0.25, -0.2) is 4.98 Å². The van der Waals surface area contributed by atoms with Crippen molar-refractivity contribution in [1.82, 2.24) is 9.97 Å². The molecule has 3 aromatic rings. The molecule has 1 heterocycles. The first-order valence-electron chi connectivity index (χ1n) is 7.56. The molecule has 0 fully saturated rings. The highest BCUT2D eigenvalue weighted by atomic mass is 16.5. The van der Waals surface area contributed by atoms with E-state index in [2.05, 4.69) is 9.97 Å². The van der Waals surface area contributed by atoms with E-state index in [-0.39, 0.29) is 17.9 Å². The molecular formula is C19H17N3O2. The van der Waals surface area contributed by atoms with Crippen molar-refractivity contribution in [2.45, 2.75) is 13.8 Å². The minimum atomic E-state index is -0.155. The summed E-state index contributed by atoms with van der Waals surface area (Å²) in [4.78, 5) is 7.38. The summed E-state index contributed by atoms with van der Waals surface area (Å²) in [6.07, 6.45) is 0. The molecule has 0 spiro atoms. The highest BCUT2D eigenvalue weighted by Gasteiger charge is 2.14. The van der Waals surface area contributed by atoms with E-state index in [9.17, 15) is 10.4 Å². The molecule has 0 saturated carbocycles. The molecule has 0 aliphatic rings. The van der Waals surface area contributed by atoms with Gasteiger partial charge in [0.05, 0.1) is 11.0 Å². The van der Waals surface area contributed by atoms with Crippen molar-refractivity contribution in [3.63, 3.8) is 0 Å². The van der Waals surface area contributed by atoms with Crippen LogP contribution in [0.1, 0.15) is 17.0 Å². The van der Waals surface area contributed by atoms with Crippen LogP contribution in [0.4, 0.5) is 0 Å². The van der Waals surface area contributed by atoms with Gasteiger partial charge >= 0.3 is 0 Å². The molecule has 24 heavy (non-hydrogen) atoms. The number of H-pyrrole nitrogens is 1. The Labute approximate surface area is 139 Å². The van der Waals surface area contributed by atoms with Gasteiger partial charge in [-0.15, -0.1) is 0 Å². The topological polar surface area (TPSA) is 81.9 Å². The Bertz CT molecular complexity index is 931. The molecule has 0 atom stereocenters. The van der Waals surface area contributed by atoms with Crippen molar-refractivity contribution >= 4 is 16.6 Å². The first kappa shape index (κ1) is 15.6. The number of nitrogens with zero attached hydrogens (tertiary/aromatic N) is 2. The van der Waals surface area contributed by atoms with Crippen molar-refractivity contribution in [1.29, 1.82) is 5.26 Å².